The fraction of sp³-hybridized carbons (Fsp3) is 0.562. The van der Waals surface area contributed by atoms with Gasteiger partial charge in [0, 0.05) is 32.7 Å². The van der Waals surface area contributed by atoms with E-state index in [0.717, 1.165) is 31.7 Å². The van der Waals surface area contributed by atoms with Crippen molar-refractivity contribution in [2.45, 2.75) is 6.54 Å². The molecule has 1 fully saturated rings. The number of hydrogen-bond acceptors (Lipinski definition) is 5. The summed E-state index contributed by atoms with van der Waals surface area (Å²) < 4.78 is 11.1. The van der Waals surface area contributed by atoms with Crippen molar-refractivity contribution in [2.75, 3.05) is 53.0 Å². The lowest BCUT2D eigenvalue weighted by Crippen LogP contribution is -2.49. The number of hydrogen-bond donors (Lipinski definition) is 1. The van der Waals surface area contributed by atoms with Crippen molar-refractivity contribution < 1.29 is 14.3 Å². The van der Waals surface area contributed by atoms with Crippen LogP contribution < -0.4 is 14.8 Å². The van der Waals surface area contributed by atoms with Crippen molar-refractivity contribution in [3.05, 3.63) is 22.7 Å². The number of rotatable bonds is 4. The minimum absolute atomic E-state index is 0. The molecule has 0 saturated carbocycles. The third-order valence-corrected chi connectivity index (χ3v) is 4.26. The monoisotopic (exact) mass is 375 g/mol. The number of nitrogens with one attached hydrogen (secondary N) is 1. The first-order chi connectivity index (χ1) is 11.1. The summed E-state index contributed by atoms with van der Waals surface area (Å²) in [5, 5.41) is 3.80. The predicted molar refractivity (Wildman–Crippen MR) is 95.5 cm³/mol. The second kappa shape index (κ2) is 8.76. The Hall–Kier alpha value is -1.21. The summed E-state index contributed by atoms with van der Waals surface area (Å²) >= 11 is 6.25. The van der Waals surface area contributed by atoms with Gasteiger partial charge in [-0.2, -0.15) is 0 Å². The highest BCUT2D eigenvalue weighted by Crippen LogP contribution is 2.38. The van der Waals surface area contributed by atoms with Gasteiger partial charge in [0.2, 0.25) is 5.91 Å². The Morgan fingerprint density at radius 2 is 2.00 bits per heavy atom. The molecule has 6 nitrogen and oxygen atoms in total. The first kappa shape index (κ1) is 19.1. The quantitative estimate of drug-likeness (QED) is 0.861. The Balaban J connectivity index is 0.00000208. The van der Waals surface area contributed by atoms with E-state index in [0.29, 0.717) is 42.8 Å². The number of piperazine rings is 1. The molecule has 2 aliphatic rings. The molecule has 1 amide bonds. The highest BCUT2D eigenvalue weighted by atomic mass is 35.5. The zero-order valence-electron chi connectivity index (χ0n) is 13.7. The molecule has 0 radical (unpaired) electrons. The van der Waals surface area contributed by atoms with E-state index < -0.39 is 0 Å². The lowest BCUT2D eigenvalue weighted by molar-refractivity contribution is -0.132. The van der Waals surface area contributed by atoms with Crippen molar-refractivity contribution in [1.82, 2.24) is 15.1 Å². The summed E-state index contributed by atoms with van der Waals surface area (Å²) in [6, 6.07) is 3.81. The van der Waals surface area contributed by atoms with Gasteiger partial charge in [-0.25, -0.2) is 0 Å². The SMILES string of the molecule is CN(CC(=O)N1CCNCC1)Cc1cc(Cl)c2c(c1)OCCO2.Cl. The van der Waals surface area contributed by atoms with E-state index in [9.17, 15) is 4.79 Å². The van der Waals surface area contributed by atoms with E-state index in [-0.39, 0.29) is 18.3 Å². The molecule has 8 heteroatoms. The molecular weight excluding hydrogens is 353 g/mol. The van der Waals surface area contributed by atoms with Crippen LogP contribution in [0.25, 0.3) is 0 Å². The number of nitrogens with zero attached hydrogens (tertiary/aromatic N) is 2. The Bertz CT molecular complexity index is 580. The second-order valence-corrected chi connectivity index (χ2v) is 6.31. The molecule has 0 aliphatic carbocycles. The fourth-order valence-electron chi connectivity index (χ4n) is 2.87. The molecule has 1 saturated heterocycles. The van der Waals surface area contributed by atoms with Gasteiger partial charge in [-0.15, -0.1) is 12.4 Å². The van der Waals surface area contributed by atoms with Crippen LogP contribution in [0.3, 0.4) is 0 Å². The fourth-order valence-corrected chi connectivity index (χ4v) is 3.16. The van der Waals surface area contributed by atoms with Gasteiger partial charge in [0.1, 0.15) is 13.2 Å². The topological polar surface area (TPSA) is 54.0 Å². The van der Waals surface area contributed by atoms with Crippen LogP contribution in [0, 0.1) is 0 Å². The van der Waals surface area contributed by atoms with Crippen LogP contribution >= 0.6 is 24.0 Å². The Kier molecular flexibility index (Phi) is 6.98. The number of amides is 1. The highest BCUT2D eigenvalue weighted by Gasteiger charge is 2.20. The van der Waals surface area contributed by atoms with Crippen LogP contribution in [-0.4, -0.2) is 68.7 Å². The third kappa shape index (κ3) is 4.66. The maximum atomic E-state index is 12.3. The van der Waals surface area contributed by atoms with Gasteiger partial charge in [-0.3, -0.25) is 9.69 Å². The first-order valence-electron chi connectivity index (χ1n) is 7.88. The summed E-state index contributed by atoms with van der Waals surface area (Å²) in [7, 11) is 1.94. The summed E-state index contributed by atoms with van der Waals surface area (Å²) in [5.74, 6) is 1.46. The summed E-state index contributed by atoms with van der Waals surface area (Å²) in [5.41, 5.74) is 1.01. The van der Waals surface area contributed by atoms with Gasteiger partial charge in [0.05, 0.1) is 11.6 Å². The van der Waals surface area contributed by atoms with Crippen molar-refractivity contribution in [3.63, 3.8) is 0 Å². The van der Waals surface area contributed by atoms with Crippen LogP contribution in [0.4, 0.5) is 0 Å². The molecule has 0 spiro atoms. The Morgan fingerprint density at radius 3 is 2.75 bits per heavy atom. The van der Waals surface area contributed by atoms with E-state index in [1.54, 1.807) is 0 Å². The lowest BCUT2D eigenvalue weighted by atomic mass is 10.2. The number of fused-ring (bicyclic) bond motifs is 1. The molecule has 134 valence electrons. The van der Waals surface area contributed by atoms with Crippen molar-refractivity contribution in [2.24, 2.45) is 0 Å². The number of likely N-dealkylation sites (N-methyl/N-ethyl adjacent to an activating group) is 1. The molecule has 2 aliphatic heterocycles. The van der Waals surface area contributed by atoms with Crippen molar-refractivity contribution in [3.8, 4) is 11.5 Å². The summed E-state index contributed by atoms with van der Waals surface area (Å²) in [6.45, 7) is 5.38. The number of carbonyl (C=O) groups excluding carboxylic acids is 1. The van der Waals surface area contributed by atoms with E-state index in [4.69, 9.17) is 21.1 Å². The van der Waals surface area contributed by atoms with Crippen LogP contribution in [0.5, 0.6) is 11.5 Å². The molecule has 3 rings (SSSR count). The zero-order chi connectivity index (χ0) is 16.2. The van der Waals surface area contributed by atoms with Crippen LogP contribution in [0.1, 0.15) is 5.56 Å². The zero-order valence-corrected chi connectivity index (χ0v) is 15.3. The molecular formula is C16H23Cl2N3O3. The van der Waals surface area contributed by atoms with E-state index in [2.05, 4.69) is 5.32 Å². The maximum Gasteiger partial charge on any atom is 0.236 e. The molecule has 24 heavy (non-hydrogen) atoms. The predicted octanol–water partition coefficient (Wildman–Crippen LogP) is 1.40. The van der Waals surface area contributed by atoms with E-state index >= 15 is 0 Å². The minimum Gasteiger partial charge on any atom is -0.486 e. The van der Waals surface area contributed by atoms with E-state index in [1.807, 2.05) is 29.0 Å². The molecule has 1 aromatic rings. The average molecular weight is 376 g/mol. The van der Waals surface area contributed by atoms with Gasteiger partial charge in [0.25, 0.3) is 0 Å². The molecule has 0 bridgehead atoms. The summed E-state index contributed by atoms with van der Waals surface area (Å²) in [6.07, 6.45) is 0. The van der Waals surface area contributed by atoms with Crippen molar-refractivity contribution in [1.29, 1.82) is 0 Å². The van der Waals surface area contributed by atoms with Crippen LogP contribution in [-0.2, 0) is 11.3 Å². The average Bonchev–Trinajstić information content (AvgIpc) is 2.55. The number of benzene rings is 1. The number of carbonyl (C=O) groups is 1. The van der Waals surface area contributed by atoms with E-state index in [1.165, 1.54) is 0 Å². The minimum atomic E-state index is 0. The van der Waals surface area contributed by atoms with Gasteiger partial charge >= 0.3 is 0 Å². The number of halogens is 2. The van der Waals surface area contributed by atoms with Gasteiger partial charge in [-0.1, -0.05) is 11.6 Å². The smallest absolute Gasteiger partial charge is 0.236 e. The van der Waals surface area contributed by atoms with Gasteiger partial charge in [-0.05, 0) is 24.7 Å². The van der Waals surface area contributed by atoms with Crippen molar-refractivity contribution >= 4 is 29.9 Å². The second-order valence-electron chi connectivity index (χ2n) is 5.90. The number of ether oxygens (including phenoxy) is 2. The molecule has 0 atom stereocenters. The molecule has 1 N–H and O–H groups in total. The first-order valence-corrected chi connectivity index (χ1v) is 8.26. The molecule has 0 aromatic heterocycles. The Labute approximate surface area is 153 Å². The van der Waals surface area contributed by atoms with Crippen LogP contribution in [0.2, 0.25) is 5.02 Å². The molecule has 1 aromatic carbocycles. The normalized spacial score (nSPS) is 16.7. The highest BCUT2D eigenvalue weighted by molar-refractivity contribution is 6.32. The Morgan fingerprint density at radius 1 is 1.29 bits per heavy atom. The molecule has 2 heterocycles. The standard InChI is InChI=1S/C16H22ClN3O3.ClH/c1-19(11-15(21)20-4-2-18-3-5-20)10-12-8-13(17)16-14(9-12)22-6-7-23-16;/h8-9,18H,2-7,10-11H2,1H3;1H. The summed E-state index contributed by atoms with van der Waals surface area (Å²) in [4.78, 5) is 16.2. The van der Waals surface area contributed by atoms with Crippen LogP contribution in [0.15, 0.2) is 12.1 Å². The largest absolute Gasteiger partial charge is 0.486 e. The maximum absolute atomic E-state index is 12.3. The molecule has 0 unspecified atom stereocenters. The third-order valence-electron chi connectivity index (χ3n) is 3.98. The van der Waals surface area contributed by atoms with Gasteiger partial charge < -0.3 is 19.7 Å². The lowest BCUT2D eigenvalue weighted by Gasteiger charge is -2.29. The van der Waals surface area contributed by atoms with Gasteiger partial charge in [0.15, 0.2) is 11.5 Å².